The SMILES string of the molecule is CN1CCCOc2ccc(cc2)CNc2nc(nc(OCC(F)(F)F)n2)Nc2ccc(cc2)C(=O)NCC(C)(C)C1. The van der Waals surface area contributed by atoms with Crippen molar-refractivity contribution >= 4 is 23.5 Å². The molecule has 2 aromatic carbocycles. The molecule has 13 heteroatoms. The highest BCUT2D eigenvalue weighted by Crippen LogP contribution is 2.22. The van der Waals surface area contributed by atoms with E-state index < -0.39 is 18.8 Å². The third-order valence-corrected chi connectivity index (χ3v) is 6.14. The van der Waals surface area contributed by atoms with E-state index in [-0.39, 0.29) is 23.2 Å². The fourth-order valence-electron chi connectivity index (χ4n) is 4.23. The van der Waals surface area contributed by atoms with Gasteiger partial charge in [-0.15, -0.1) is 0 Å². The number of hydrogen-bond acceptors (Lipinski definition) is 9. The van der Waals surface area contributed by atoms with Crippen molar-refractivity contribution in [1.82, 2.24) is 25.2 Å². The molecule has 1 aromatic heterocycles. The molecule has 41 heavy (non-hydrogen) atoms. The molecule has 3 N–H and O–H groups in total. The number of nitrogens with zero attached hydrogens (tertiary/aromatic N) is 4. The first-order valence-electron chi connectivity index (χ1n) is 13.2. The van der Waals surface area contributed by atoms with Crippen LogP contribution in [0.5, 0.6) is 11.8 Å². The van der Waals surface area contributed by atoms with Crippen molar-refractivity contribution in [2.75, 3.05) is 50.5 Å². The molecule has 0 spiro atoms. The van der Waals surface area contributed by atoms with E-state index in [0.717, 1.165) is 30.8 Å². The summed E-state index contributed by atoms with van der Waals surface area (Å²) in [6.45, 7) is 5.63. The average molecular weight is 574 g/mol. The van der Waals surface area contributed by atoms with Crippen molar-refractivity contribution in [3.05, 3.63) is 59.7 Å². The zero-order valence-electron chi connectivity index (χ0n) is 23.2. The van der Waals surface area contributed by atoms with Gasteiger partial charge in [-0.2, -0.15) is 28.1 Å². The van der Waals surface area contributed by atoms with E-state index in [1.165, 1.54) is 0 Å². The van der Waals surface area contributed by atoms with Gasteiger partial charge >= 0.3 is 12.2 Å². The lowest BCUT2D eigenvalue weighted by Crippen LogP contribution is -2.41. The van der Waals surface area contributed by atoms with E-state index in [1.807, 2.05) is 24.3 Å². The molecule has 5 heterocycles. The Morgan fingerprint density at radius 3 is 2.41 bits per heavy atom. The maximum Gasteiger partial charge on any atom is 0.422 e. The van der Waals surface area contributed by atoms with Crippen LogP contribution >= 0.6 is 0 Å². The van der Waals surface area contributed by atoms with Gasteiger partial charge in [0.05, 0.1) is 6.61 Å². The quantitative estimate of drug-likeness (QED) is 0.404. The van der Waals surface area contributed by atoms with Gasteiger partial charge in [0.15, 0.2) is 6.61 Å². The summed E-state index contributed by atoms with van der Waals surface area (Å²) in [6.07, 6.45) is -3.72. The topological polar surface area (TPSA) is 114 Å². The Kier molecular flexibility index (Phi) is 9.48. The second kappa shape index (κ2) is 13.0. The maximum atomic E-state index is 12.8. The predicted molar refractivity (Wildman–Crippen MR) is 149 cm³/mol. The van der Waals surface area contributed by atoms with Crippen LogP contribution < -0.4 is 25.4 Å². The van der Waals surface area contributed by atoms with Crippen LogP contribution in [0.1, 0.15) is 36.2 Å². The van der Waals surface area contributed by atoms with Crippen LogP contribution in [0.4, 0.5) is 30.8 Å². The first-order valence-corrected chi connectivity index (χ1v) is 13.2. The van der Waals surface area contributed by atoms with Gasteiger partial charge < -0.3 is 30.3 Å². The van der Waals surface area contributed by atoms with Crippen molar-refractivity contribution in [3.8, 4) is 11.8 Å². The number of hydrogen-bond donors (Lipinski definition) is 3. The van der Waals surface area contributed by atoms with Crippen molar-refractivity contribution in [2.24, 2.45) is 5.41 Å². The summed E-state index contributed by atoms with van der Waals surface area (Å²) >= 11 is 0. The summed E-state index contributed by atoms with van der Waals surface area (Å²) in [5, 5.41) is 8.93. The number of benzene rings is 2. The number of anilines is 3. The molecule has 0 saturated carbocycles. The molecular weight excluding hydrogens is 539 g/mol. The standard InChI is InChI=1S/C28H34F3N7O3/c1-27(2)16-33-23(39)20-7-9-21(10-8-20)34-25-35-24(36-26(37-25)41-18-28(29,30)31)32-15-19-5-11-22(12-6-19)40-14-4-13-38(3)17-27/h5-12H,4,13-18H2,1-3H3,(H,33,39)(H2,32,34,35,36,37). The third kappa shape index (κ3) is 9.78. The molecule has 0 aliphatic carbocycles. The second-order valence-electron chi connectivity index (χ2n) is 10.7. The summed E-state index contributed by atoms with van der Waals surface area (Å²) in [7, 11) is 2.06. The molecular formula is C28H34F3N7O3. The van der Waals surface area contributed by atoms with Crippen LogP contribution in [-0.4, -0.2) is 71.8 Å². The van der Waals surface area contributed by atoms with Gasteiger partial charge in [0.1, 0.15) is 5.75 Å². The Morgan fingerprint density at radius 1 is 1.00 bits per heavy atom. The molecule has 1 amide bonds. The first kappa shape index (κ1) is 29.8. The average Bonchev–Trinajstić information content (AvgIpc) is 2.92. The fraction of sp³-hybridized carbons (Fsp3) is 0.429. The normalized spacial score (nSPS) is 17.0. The van der Waals surface area contributed by atoms with Gasteiger partial charge in [-0.05, 0) is 60.8 Å². The lowest BCUT2D eigenvalue weighted by molar-refractivity contribution is -0.154. The third-order valence-electron chi connectivity index (χ3n) is 6.14. The molecule has 4 aliphatic rings. The highest BCUT2D eigenvalue weighted by molar-refractivity contribution is 5.94. The number of carbonyl (C=O) groups excluding carboxylic acids is 1. The predicted octanol–water partition coefficient (Wildman–Crippen LogP) is 4.64. The second-order valence-corrected chi connectivity index (χ2v) is 10.7. The van der Waals surface area contributed by atoms with Crippen LogP contribution in [-0.2, 0) is 6.54 Å². The number of ether oxygens (including phenoxy) is 2. The molecule has 4 aliphatic heterocycles. The maximum absolute atomic E-state index is 12.8. The number of nitrogens with one attached hydrogen (secondary N) is 3. The summed E-state index contributed by atoms with van der Waals surface area (Å²) < 4.78 is 48.9. The molecule has 0 unspecified atom stereocenters. The number of aromatic nitrogens is 3. The zero-order valence-corrected chi connectivity index (χ0v) is 23.2. The number of rotatable bonds is 2. The number of amides is 1. The van der Waals surface area contributed by atoms with Crippen LogP contribution in [0.25, 0.3) is 0 Å². The first-order chi connectivity index (χ1) is 19.4. The van der Waals surface area contributed by atoms with Gasteiger partial charge in [-0.25, -0.2) is 0 Å². The molecule has 6 bridgehead atoms. The van der Waals surface area contributed by atoms with Gasteiger partial charge in [-0.3, -0.25) is 4.79 Å². The zero-order chi connectivity index (χ0) is 29.5. The smallest absolute Gasteiger partial charge is 0.422 e. The molecule has 0 saturated heterocycles. The van der Waals surface area contributed by atoms with E-state index >= 15 is 0 Å². The molecule has 3 aromatic rings. The number of alkyl halides is 3. The van der Waals surface area contributed by atoms with Crippen LogP contribution in [0.2, 0.25) is 0 Å². The van der Waals surface area contributed by atoms with E-state index in [4.69, 9.17) is 9.47 Å². The van der Waals surface area contributed by atoms with Crippen LogP contribution in [0.3, 0.4) is 0 Å². The van der Waals surface area contributed by atoms with Crippen LogP contribution in [0.15, 0.2) is 48.5 Å². The largest absolute Gasteiger partial charge is 0.494 e. The molecule has 10 nitrogen and oxygen atoms in total. The highest BCUT2D eigenvalue weighted by atomic mass is 19.4. The monoisotopic (exact) mass is 573 g/mol. The molecule has 220 valence electrons. The summed E-state index contributed by atoms with van der Waals surface area (Å²) in [5.41, 5.74) is 1.71. The van der Waals surface area contributed by atoms with Crippen molar-refractivity contribution in [2.45, 2.75) is 33.0 Å². The van der Waals surface area contributed by atoms with E-state index in [2.05, 4.69) is 56.7 Å². The Hall–Kier alpha value is -4.13. The molecule has 0 atom stereocenters. The Labute approximate surface area is 236 Å². The fourth-order valence-corrected chi connectivity index (χ4v) is 4.23. The summed E-state index contributed by atoms with van der Waals surface area (Å²) in [4.78, 5) is 27.2. The minimum atomic E-state index is -4.56. The Bertz CT molecular complexity index is 1300. The van der Waals surface area contributed by atoms with Crippen LogP contribution in [0, 0.1) is 5.41 Å². The minimum absolute atomic E-state index is 0.0252. The van der Waals surface area contributed by atoms with E-state index in [0.29, 0.717) is 30.9 Å². The molecule has 0 fully saturated rings. The van der Waals surface area contributed by atoms with Crippen molar-refractivity contribution in [3.63, 3.8) is 0 Å². The molecule has 0 radical (unpaired) electrons. The van der Waals surface area contributed by atoms with Gasteiger partial charge in [-0.1, -0.05) is 26.0 Å². The van der Waals surface area contributed by atoms with Crippen molar-refractivity contribution in [1.29, 1.82) is 0 Å². The summed E-state index contributed by atoms with van der Waals surface area (Å²) in [6, 6.07) is 13.6. The van der Waals surface area contributed by atoms with Crippen molar-refractivity contribution < 1.29 is 27.4 Å². The summed E-state index contributed by atoms with van der Waals surface area (Å²) in [5.74, 6) is 0.516. The van der Waals surface area contributed by atoms with E-state index in [1.54, 1.807) is 24.3 Å². The van der Waals surface area contributed by atoms with Gasteiger partial charge in [0.25, 0.3) is 5.91 Å². The molecule has 7 rings (SSSR count). The lowest BCUT2D eigenvalue weighted by Gasteiger charge is -2.30. The highest BCUT2D eigenvalue weighted by Gasteiger charge is 2.29. The number of halogens is 3. The number of carbonyl (C=O) groups is 1. The Morgan fingerprint density at radius 2 is 1.71 bits per heavy atom. The van der Waals surface area contributed by atoms with Gasteiger partial charge in [0.2, 0.25) is 11.9 Å². The van der Waals surface area contributed by atoms with E-state index in [9.17, 15) is 18.0 Å². The Balaban J connectivity index is 1.57. The van der Waals surface area contributed by atoms with Gasteiger partial charge in [0, 0.05) is 37.4 Å². The lowest BCUT2D eigenvalue weighted by atomic mass is 9.92. The minimum Gasteiger partial charge on any atom is -0.494 e.